The Bertz CT molecular complexity index is 321. The maximum absolute atomic E-state index is 11.6. The van der Waals surface area contributed by atoms with Crippen molar-refractivity contribution in [1.29, 1.82) is 0 Å². The number of carbonyl (C=O) groups excluding carboxylic acids is 2. The minimum atomic E-state index is -0.924. The van der Waals surface area contributed by atoms with Gasteiger partial charge in [0.2, 0.25) is 11.8 Å². The van der Waals surface area contributed by atoms with E-state index in [0.717, 1.165) is 12.8 Å². The van der Waals surface area contributed by atoms with Gasteiger partial charge in [0.25, 0.3) is 0 Å². The number of aliphatic carboxylic acids is 1. The summed E-state index contributed by atoms with van der Waals surface area (Å²) in [5.41, 5.74) is -0.924. The minimum Gasteiger partial charge on any atom is -0.481 e. The first-order chi connectivity index (χ1) is 8.00. The lowest BCUT2D eigenvalue weighted by Gasteiger charge is -2.22. The normalized spacial score (nSPS) is 17.5. The molecule has 0 aromatic heterocycles. The molecule has 0 bridgehead atoms. The van der Waals surface area contributed by atoms with Crippen LogP contribution in [0.3, 0.4) is 0 Å². The molecule has 0 aliphatic heterocycles. The van der Waals surface area contributed by atoms with E-state index >= 15 is 0 Å². The zero-order valence-corrected chi connectivity index (χ0v) is 9.91. The molecule has 1 saturated carbocycles. The largest absolute Gasteiger partial charge is 0.481 e. The average molecular weight is 242 g/mol. The highest BCUT2D eigenvalue weighted by atomic mass is 16.4. The Hall–Kier alpha value is -1.59. The molecule has 0 atom stereocenters. The molecule has 1 fully saturated rings. The topological polar surface area (TPSA) is 95.5 Å². The summed E-state index contributed by atoms with van der Waals surface area (Å²) in [6.45, 7) is -0.106. The summed E-state index contributed by atoms with van der Waals surface area (Å²) in [5.74, 6) is -1.59. The van der Waals surface area contributed by atoms with Gasteiger partial charge in [-0.2, -0.15) is 0 Å². The van der Waals surface area contributed by atoms with Gasteiger partial charge < -0.3 is 15.7 Å². The lowest BCUT2D eigenvalue weighted by Crippen LogP contribution is -2.39. The summed E-state index contributed by atoms with van der Waals surface area (Å²) in [6, 6.07) is 0. The third-order valence-corrected chi connectivity index (χ3v) is 3.24. The molecule has 6 nitrogen and oxygen atoms in total. The van der Waals surface area contributed by atoms with Crippen molar-refractivity contribution in [2.75, 3.05) is 13.6 Å². The quantitative estimate of drug-likeness (QED) is 0.626. The molecule has 1 rings (SSSR count). The lowest BCUT2D eigenvalue weighted by molar-refractivity contribution is -0.151. The smallest absolute Gasteiger partial charge is 0.310 e. The Balaban J connectivity index is 2.48. The van der Waals surface area contributed by atoms with Crippen LogP contribution in [0.1, 0.15) is 32.1 Å². The number of nitrogens with one attached hydrogen (secondary N) is 2. The number of carbonyl (C=O) groups is 3. The van der Waals surface area contributed by atoms with E-state index in [9.17, 15) is 19.5 Å². The van der Waals surface area contributed by atoms with E-state index in [-0.39, 0.29) is 24.8 Å². The van der Waals surface area contributed by atoms with Gasteiger partial charge in [0.15, 0.2) is 0 Å². The fourth-order valence-electron chi connectivity index (χ4n) is 2.16. The van der Waals surface area contributed by atoms with Gasteiger partial charge in [-0.15, -0.1) is 0 Å². The van der Waals surface area contributed by atoms with E-state index in [0.29, 0.717) is 12.8 Å². The van der Waals surface area contributed by atoms with Crippen LogP contribution >= 0.6 is 0 Å². The van der Waals surface area contributed by atoms with Crippen LogP contribution in [-0.2, 0) is 14.4 Å². The predicted octanol–water partition coefficient (Wildman–Crippen LogP) is -0.116. The lowest BCUT2D eigenvalue weighted by atomic mass is 9.82. The molecule has 1 aliphatic carbocycles. The number of rotatable bonds is 5. The molecule has 6 heteroatoms. The van der Waals surface area contributed by atoms with E-state index in [1.807, 2.05) is 0 Å². The van der Waals surface area contributed by atoms with E-state index in [1.165, 1.54) is 7.05 Å². The number of carboxylic acids is 1. The molecule has 0 aromatic carbocycles. The average Bonchev–Trinajstić information content (AvgIpc) is 2.75. The second-order valence-corrected chi connectivity index (χ2v) is 4.42. The molecular weight excluding hydrogens is 224 g/mol. The Morgan fingerprint density at radius 2 is 1.76 bits per heavy atom. The second-order valence-electron chi connectivity index (χ2n) is 4.42. The molecular formula is C11H18N2O4. The summed E-state index contributed by atoms with van der Waals surface area (Å²) in [4.78, 5) is 33.7. The highest BCUT2D eigenvalue weighted by molar-refractivity contribution is 5.88. The third-order valence-electron chi connectivity index (χ3n) is 3.24. The zero-order valence-electron chi connectivity index (χ0n) is 9.91. The Kier molecular flexibility index (Phi) is 4.48. The predicted molar refractivity (Wildman–Crippen MR) is 60.2 cm³/mol. The van der Waals surface area contributed by atoms with Crippen molar-refractivity contribution in [2.24, 2.45) is 5.41 Å². The van der Waals surface area contributed by atoms with Crippen LogP contribution in [0, 0.1) is 5.41 Å². The zero-order chi connectivity index (χ0) is 12.9. The van der Waals surface area contributed by atoms with Crippen molar-refractivity contribution in [2.45, 2.75) is 32.1 Å². The summed E-state index contributed by atoms with van der Waals surface area (Å²) in [6.07, 6.45) is 2.72. The maximum atomic E-state index is 11.6. The fourth-order valence-corrected chi connectivity index (χ4v) is 2.16. The number of hydrogen-bond acceptors (Lipinski definition) is 3. The van der Waals surface area contributed by atoms with Crippen LogP contribution < -0.4 is 10.6 Å². The molecule has 1 aliphatic rings. The molecule has 17 heavy (non-hydrogen) atoms. The van der Waals surface area contributed by atoms with Crippen LogP contribution in [0.5, 0.6) is 0 Å². The molecule has 0 spiro atoms. The molecule has 0 heterocycles. The Morgan fingerprint density at radius 1 is 1.18 bits per heavy atom. The first-order valence-electron chi connectivity index (χ1n) is 5.71. The first-order valence-corrected chi connectivity index (χ1v) is 5.71. The molecule has 3 N–H and O–H groups in total. The van der Waals surface area contributed by atoms with Crippen LogP contribution in [0.25, 0.3) is 0 Å². The van der Waals surface area contributed by atoms with Crippen molar-refractivity contribution in [3.05, 3.63) is 0 Å². The van der Waals surface area contributed by atoms with E-state index in [1.54, 1.807) is 0 Å². The molecule has 0 saturated heterocycles. The third kappa shape index (κ3) is 3.44. The highest BCUT2D eigenvalue weighted by Gasteiger charge is 2.42. The SMILES string of the molecule is CNC(=O)CNC(=O)CC1(C(=O)O)CCCC1. The van der Waals surface area contributed by atoms with Gasteiger partial charge in [-0.3, -0.25) is 14.4 Å². The first kappa shape index (κ1) is 13.5. The molecule has 2 amide bonds. The van der Waals surface area contributed by atoms with E-state index in [2.05, 4.69) is 10.6 Å². The molecule has 0 aromatic rings. The van der Waals surface area contributed by atoms with Crippen LogP contribution in [0.2, 0.25) is 0 Å². The van der Waals surface area contributed by atoms with Gasteiger partial charge in [-0.1, -0.05) is 12.8 Å². The van der Waals surface area contributed by atoms with Gasteiger partial charge in [0.05, 0.1) is 12.0 Å². The van der Waals surface area contributed by atoms with Crippen molar-refractivity contribution >= 4 is 17.8 Å². The fraction of sp³-hybridized carbons (Fsp3) is 0.727. The van der Waals surface area contributed by atoms with Crippen LogP contribution in [0.15, 0.2) is 0 Å². The number of hydrogen-bond donors (Lipinski definition) is 3. The van der Waals surface area contributed by atoms with Gasteiger partial charge in [-0.05, 0) is 12.8 Å². The summed E-state index contributed by atoms with van der Waals surface area (Å²) in [5, 5.41) is 14.0. The Morgan fingerprint density at radius 3 is 2.24 bits per heavy atom. The molecule has 0 radical (unpaired) electrons. The van der Waals surface area contributed by atoms with Crippen LogP contribution in [0.4, 0.5) is 0 Å². The van der Waals surface area contributed by atoms with Crippen LogP contribution in [-0.4, -0.2) is 36.5 Å². The number of carboxylic acid groups (broad SMARTS) is 1. The molecule has 96 valence electrons. The molecule has 0 unspecified atom stereocenters. The Labute approximate surface area is 99.8 Å². The van der Waals surface area contributed by atoms with Gasteiger partial charge >= 0.3 is 5.97 Å². The second kappa shape index (κ2) is 5.65. The summed E-state index contributed by atoms with van der Waals surface area (Å²) in [7, 11) is 1.48. The van der Waals surface area contributed by atoms with Gasteiger partial charge in [-0.25, -0.2) is 0 Å². The summed E-state index contributed by atoms with van der Waals surface area (Å²) >= 11 is 0. The van der Waals surface area contributed by atoms with Crippen molar-refractivity contribution in [3.63, 3.8) is 0 Å². The maximum Gasteiger partial charge on any atom is 0.310 e. The summed E-state index contributed by atoms with van der Waals surface area (Å²) < 4.78 is 0. The number of likely N-dealkylation sites (N-methyl/N-ethyl adjacent to an activating group) is 1. The van der Waals surface area contributed by atoms with Crippen molar-refractivity contribution in [3.8, 4) is 0 Å². The van der Waals surface area contributed by atoms with E-state index < -0.39 is 11.4 Å². The van der Waals surface area contributed by atoms with Gasteiger partial charge in [0, 0.05) is 13.5 Å². The highest BCUT2D eigenvalue weighted by Crippen LogP contribution is 2.41. The number of amides is 2. The van der Waals surface area contributed by atoms with Crippen molar-refractivity contribution < 1.29 is 19.5 Å². The van der Waals surface area contributed by atoms with Gasteiger partial charge in [0.1, 0.15) is 0 Å². The van der Waals surface area contributed by atoms with Crippen molar-refractivity contribution in [1.82, 2.24) is 10.6 Å². The monoisotopic (exact) mass is 242 g/mol. The standard InChI is InChI=1S/C11H18N2O4/c1-12-9(15)7-13-8(14)6-11(10(16)17)4-2-3-5-11/h2-7H2,1H3,(H,12,15)(H,13,14)(H,16,17). The van der Waals surface area contributed by atoms with E-state index in [4.69, 9.17) is 0 Å². The minimum absolute atomic E-state index is 0.0423.